The summed E-state index contributed by atoms with van der Waals surface area (Å²) in [7, 11) is 0. The van der Waals surface area contributed by atoms with Gasteiger partial charge in [0.05, 0.1) is 11.0 Å². The lowest BCUT2D eigenvalue weighted by Crippen LogP contribution is -2.30. The molecular formula is C13H20N4O2. The van der Waals surface area contributed by atoms with Crippen LogP contribution >= 0.6 is 0 Å². The zero-order valence-corrected chi connectivity index (χ0v) is 11.0. The maximum atomic E-state index is 10.7. The highest BCUT2D eigenvalue weighted by Gasteiger charge is 2.09. The molecule has 1 aromatic heterocycles. The van der Waals surface area contributed by atoms with Crippen molar-refractivity contribution in [2.45, 2.75) is 25.7 Å². The molecule has 0 aromatic carbocycles. The van der Waals surface area contributed by atoms with Gasteiger partial charge in [-0.25, -0.2) is 4.98 Å². The normalized spacial score (nSPS) is 16.8. The van der Waals surface area contributed by atoms with Crippen molar-refractivity contribution in [3.63, 3.8) is 0 Å². The van der Waals surface area contributed by atoms with E-state index >= 15 is 0 Å². The van der Waals surface area contributed by atoms with Crippen LogP contribution in [0, 0.1) is 10.1 Å². The summed E-state index contributed by atoms with van der Waals surface area (Å²) in [6, 6.07) is 2.88. The van der Waals surface area contributed by atoms with Crippen LogP contribution in [0.25, 0.3) is 0 Å². The third-order valence-corrected chi connectivity index (χ3v) is 3.39. The molecule has 0 radical (unpaired) electrons. The molecule has 1 fully saturated rings. The van der Waals surface area contributed by atoms with Crippen molar-refractivity contribution in [1.82, 2.24) is 9.88 Å². The summed E-state index contributed by atoms with van der Waals surface area (Å²) >= 11 is 0. The van der Waals surface area contributed by atoms with Crippen molar-refractivity contribution in [2.75, 3.05) is 31.5 Å². The van der Waals surface area contributed by atoms with Gasteiger partial charge in [-0.2, -0.15) is 0 Å². The minimum atomic E-state index is -0.401. The highest BCUT2D eigenvalue weighted by Crippen LogP contribution is 2.14. The van der Waals surface area contributed by atoms with Gasteiger partial charge >= 0.3 is 0 Å². The Morgan fingerprint density at radius 1 is 1.32 bits per heavy atom. The third kappa shape index (κ3) is 4.48. The van der Waals surface area contributed by atoms with Crippen LogP contribution in [0.4, 0.5) is 11.5 Å². The van der Waals surface area contributed by atoms with Gasteiger partial charge in [0.15, 0.2) is 0 Å². The van der Waals surface area contributed by atoms with Gasteiger partial charge in [0.2, 0.25) is 0 Å². The van der Waals surface area contributed by atoms with Gasteiger partial charge in [-0.15, -0.1) is 0 Å². The van der Waals surface area contributed by atoms with E-state index in [4.69, 9.17) is 0 Å². The second-order valence-electron chi connectivity index (χ2n) is 4.84. The first-order valence-electron chi connectivity index (χ1n) is 6.82. The molecule has 0 bridgehead atoms. The van der Waals surface area contributed by atoms with Crippen LogP contribution in [0.3, 0.4) is 0 Å². The Kier molecular flexibility index (Phi) is 5.09. The number of rotatable bonds is 5. The van der Waals surface area contributed by atoms with Crippen molar-refractivity contribution in [2.24, 2.45) is 0 Å². The first kappa shape index (κ1) is 13.7. The van der Waals surface area contributed by atoms with Crippen LogP contribution in [0.15, 0.2) is 18.3 Å². The number of aromatic nitrogens is 1. The van der Waals surface area contributed by atoms with E-state index in [1.807, 2.05) is 0 Å². The van der Waals surface area contributed by atoms with Crippen molar-refractivity contribution in [1.29, 1.82) is 0 Å². The number of likely N-dealkylation sites (tertiary alicyclic amines) is 1. The van der Waals surface area contributed by atoms with Crippen molar-refractivity contribution in [3.8, 4) is 0 Å². The molecule has 6 nitrogen and oxygen atoms in total. The summed E-state index contributed by atoms with van der Waals surface area (Å²) in [6.07, 6.45) is 6.67. The van der Waals surface area contributed by atoms with Gasteiger partial charge in [0.1, 0.15) is 5.82 Å². The summed E-state index contributed by atoms with van der Waals surface area (Å²) in [5.74, 6) is 0.573. The molecule has 2 rings (SSSR count). The average molecular weight is 264 g/mol. The monoisotopic (exact) mass is 264 g/mol. The second kappa shape index (κ2) is 7.04. The summed E-state index contributed by atoms with van der Waals surface area (Å²) < 4.78 is 0. The van der Waals surface area contributed by atoms with Crippen molar-refractivity contribution >= 4 is 11.5 Å². The predicted molar refractivity (Wildman–Crippen MR) is 74.3 cm³/mol. The van der Waals surface area contributed by atoms with E-state index < -0.39 is 4.92 Å². The standard InChI is InChI=1S/C13H20N4O2/c18-17(19)12-5-6-14-13(11-12)15-7-10-16-8-3-1-2-4-9-16/h5-6,11H,1-4,7-10H2,(H,14,15). The van der Waals surface area contributed by atoms with E-state index in [0.717, 1.165) is 26.2 Å². The molecule has 6 heteroatoms. The van der Waals surface area contributed by atoms with Gasteiger partial charge in [-0.05, 0) is 25.9 Å². The van der Waals surface area contributed by atoms with E-state index in [2.05, 4.69) is 15.2 Å². The summed E-state index contributed by atoms with van der Waals surface area (Å²) in [5, 5.41) is 13.8. The van der Waals surface area contributed by atoms with E-state index in [1.54, 1.807) is 0 Å². The third-order valence-electron chi connectivity index (χ3n) is 3.39. The highest BCUT2D eigenvalue weighted by molar-refractivity contribution is 5.44. The van der Waals surface area contributed by atoms with Crippen molar-refractivity contribution in [3.05, 3.63) is 28.4 Å². The predicted octanol–water partition coefficient (Wildman–Crippen LogP) is 2.28. The molecule has 2 heterocycles. The minimum absolute atomic E-state index is 0.0762. The number of anilines is 1. The molecule has 0 saturated carbocycles. The molecule has 19 heavy (non-hydrogen) atoms. The first-order chi connectivity index (χ1) is 9.25. The van der Waals surface area contributed by atoms with Gasteiger partial charge in [-0.1, -0.05) is 12.8 Å². The van der Waals surface area contributed by atoms with Crippen LogP contribution in [-0.2, 0) is 0 Å². The maximum Gasteiger partial charge on any atom is 0.274 e. The molecule has 0 unspecified atom stereocenters. The molecule has 1 aromatic rings. The Balaban J connectivity index is 1.78. The van der Waals surface area contributed by atoms with Crippen LogP contribution < -0.4 is 5.32 Å². The lowest BCUT2D eigenvalue weighted by molar-refractivity contribution is -0.384. The Morgan fingerprint density at radius 3 is 2.74 bits per heavy atom. The number of hydrogen-bond donors (Lipinski definition) is 1. The van der Waals surface area contributed by atoms with Gasteiger partial charge in [0, 0.05) is 25.4 Å². The highest BCUT2D eigenvalue weighted by atomic mass is 16.6. The largest absolute Gasteiger partial charge is 0.369 e. The number of hydrogen-bond acceptors (Lipinski definition) is 5. The van der Waals surface area contributed by atoms with Crippen LogP contribution in [0.2, 0.25) is 0 Å². The number of nitrogens with zero attached hydrogens (tertiary/aromatic N) is 3. The molecule has 0 atom stereocenters. The van der Waals surface area contributed by atoms with Crippen LogP contribution in [0.1, 0.15) is 25.7 Å². The number of pyridine rings is 1. The lowest BCUT2D eigenvalue weighted by atomic mass is 10.2. The van der Waals surface area contributed by atoms with E-state index in [9.17, 15) is 10.1 Å². The molecule has 1 saturated heterocycles. The fourth-order valence-electron chi connectivity index (χ4n) is 2.33. The minimum Gasteiger partial charge on any atom is -0.369 e. The molecule has 0 spiro atoms. The number of nitrogens with one attached hydrogen (secondary N) is 1. The van der Waals surface area contributed by atoms with Gasteiger partial charge in [0.25, 0.3) is 5.69 Å². The first-order valence-corrected chi connectivity index (χ1v) is 6.82. The molecular weight excluding hydrogens is 244 g/mol. The van der Waals surface area contributed by atoms with E-state index in [-0.39, 0.29) is 5.69 Å². The zero-order chi connectivity index (χ0) is 13.5. The number of nitro groups is 1. The summed E-state index contributed by atoms with van der Waals surface area (Å²) in [5.41, 5.74) is 0.0762. The fourth-order valence-corrected chi connectivity index (χ4v) is 2.33. The van der Waals surface area contributed by atoms with Crippen LogP contribution in [0.5, 0.6) is 0 Å². The molecule has 1 aliphatic heterocycles. The Morgan fingerprint density at radius 2 is 2.05 bits per heavy atom. The van der Waals surface area contributed by atoms with E-state index in [0.29, 0.717) is 5.82 Å². The smallest absolute Gasteiger partial charge is 0.274 e. The summed E-state index contributed by atoms with van der Waals surface area (Å²) in [4.78, 5) is 16.8. The fraction of sp³-hybridized carbons (Fsp3) is 0.615. The quantitative estimate of drug-likeness (QED) is 0.652. The second-order valence-corrected chi connectivity index (χ2v) is 4.84. The molecule has 0 amide bonds. The molecule has 1 N–H and O–H groups in total. The molecule has 1 aliphatic rings. The zero-order valence-electron chi connectivity index (χ0n) is 11.0. The Labute approximate surface area is 113 Å². The SMILES string of the molecule is O=[N+]([O-])c1ccnc(NCCN2CCCCCC2)c1. The average Bonchev–Trinajstić information content (AvgIpc) is 2.68. The van der Waals surface area contributed by atoms with Gasteiger partial charge < -0.3 is 10.2 Å². The van der Waals surface area contributed by atoms with Crippen LogP contribution in [-0.4, -0.2) is 41.0 Å². The summed E-state index contributed by atoms with van der Waals surface area (Å²) in [6.45, 7) is 4.05. The van der Waals surface area contributed by atoms with Crippen molar-refractivity contribution < 1.29 is 4.92 Å². The molecule has 0 aliphatic carbocycles. The lowest BCUT2D eigenvalue weighted by Gasteiger charge is -2.19. The topological polar surface area (TPSA) is 71.3 Å². The van der Waals surface area contributed by atoms with Gasteiger partial charge in [-0.3, -0.25) is 10.1 Å². The molecule has 104 valence electrons. The Bertz CT molecular complexity index is 417. The van der Waals surface area contributed by atoms with E-state index in [1.165, 1.54) is 44.0 Å². The maximum absolute atomic E-state index is 10.7. The Hall–Kier alpha value is -1.69.